The molecule has 0 bridgehead atoms. The number of likely N-dealkylation sites (tertiary alicyclic amines) is 2. The quantitative estimate of drug-likeness (QED) is 0.730. The van der Waals surface area contributed by atoms with Crippen LogP contribution in [0.4, 0.5) is 0 Å². The summed E-state index contributed by atoms with van der Waals surface area (Å²) in [5.41, 5.74) is -0.252. The lowest BCUT2D eigenvalue weighted by Gasteiger charge is -2.43. The molecule has 2 rings (SSSR count). The summed E-state index contributed by atoms with van der Waals surface area (Å²) in [6, 6.07) is 0.725. The number of carbonyl (C=O) groups excluding carboxylic acids is 1. The van der Waals surface area contributed by atoms with Gasteiger partial charge in [-0.3, -0.25) is 4.79 Å². The third-order valence-electron chi connectivity index (χ3n) is 4.87. The maximum atomic E-state index is 12.0. The summed E-state index contributed by atoms with van der Waals surface area (Å²) in [5, 5.41) is 0. The molecule has 0 unspecified atom stereocenters. The molecular weight excluding hydrogens is 240 g/mol. The zero-order valence-electron chi connectivity index (χ0n) is 12.7. The van der Waals surface area contributed by atoms with Gasteiger partial charge in [-0.25, -0.2) is 0 Å². The molecule has 0 atom stereocenters. The van der Waals surface area contributed by atoms with Crippen LogP contribution in [0.25, 0.3) is 0 Å². The third-order valence-corrected chi connectivity index (χ3v) is 4.87. The fraction of sp³-hybridized carbons (Fsp3) is 0.933. The Hall–Kier alpha value is -0.610. The van der Waals surface area contributed by atoms with E-state index in [1.54, 1.807) is 0 Å². The Bertz CT molecular complexity index is 303. The normalized spacial score (nSPS) is 26.3. The minimum Gasteiger partial charge on any atom is -0.466 e. The van der Waals surface area contributed by atoms with Gasteiger partial charge in [-0.1, -0.05) is 0 Å². The van der Waals surface area contributed by atoms with Crippen molar-refractivity contribution in [1.29, 1.82) is 0 Å². The fourth-order valence-electron chi connectivity index (χ4n) is 3.25. The molecular formula is C15H28N2O2. The van der Waals surface area contributed by atoms with E-state index < -0.39 is 0 Å². The van der Waals surface area contributed by atoms with Crippen molar-refractivity contribution in [2.75, 3.05) is 39.8 Å². The first-order valence-electron chi connectivity index (χ1n) is 7.65. The molecule has 2 aliphatic rings. The molecule has 0 saturated carbocycles. The maximum Gasteiger partial charge on any atom is 0.311 e. The molecule has 2 heterocycles. The molecule has 2 saturated heterocycles. The number of carbonyl (C=O) groups is 1. The number of piperidine rings is 2. The summed E-state index contributed by atoms with van der Waals surface area (Å²) in [4.78, 5) is 17.0. The van der Waals surface area contributed by atoms with Crippen molar-refractivity contribution in [3.8, 4) is 0 Å². The molecule has 110 valence electrons. The van der Waals surface area contributed by atoms with Crippen LogP contribution in [-0.4, -0.2) is 61.6 Å². The van der Waals surface area contributed by atoms with Gasteiger partial charge >= 0.3 is 5.97 Å². The second kappa shape index (κ2) is 6.23. The molecule has 4 heteroatoms. The molecule has 0 aromatic carbocycles. The van der Waals surface area contributed by atoms with Crippen LogP contribution in [0.2, 0.25) is 0 Å². The minimum absolute atomic E-state index is 0.00183. The Morgan fingerprint density at radius 2 is 1.79 bits per heavy atom. The number of nitrogens with zero attached hydrogens (tertiary/aromatic N) is 2. The lowest BCUT2D eigenvalue weighted by Crippen LogP contribution is -2.50. The summed E-state index contributed by atoms with van der Waals surface area (Å²) in [5.74, 6) is -0.00183. The van der Waals surface area contributed by atoms with Crippen LogP contribution in [0.15, 0.2) is 0 Å². The average Bonchev–Trinajstić information content (AvgIpc) is 2.41. The molecule has 0 aliphatic carbocycles. The number of rotatable bonds is 3. The van der Waals surface area contributed by atoms with E-state index in [1.807, 2.05) is 6.92 Å². The highest BCUT2D eigenvalue weighted by Crippen LogP contribution is 2.34. The first-order valence-corrected chi connectivity index (χ1v) is 7.65. The summed E-state index contributed by atoms with van der Waals surface area (Å²) >= 11 is 0. The van der Waals surface area contributed by atoms with Gasteiger partial charge in [0.15, 0.2) is 0 Å². The third kappa shape index (κ3) is 3.48. The zero-order valence-corrected chi connectivity index (χ0v) is 12.7. The SMILES string of the molecule is CCOC(=O)C1(C)CCN(C2CCN(C)CC2)CC1. The van der Waals surface area contributed by atoms with Crippen LogP contribution in [0, 0.1) is 5.41 Å². The zero-order chi connectivity index (χ0) is 13.9. The van der Waals surface area contributed by atoms with Crippen LogP contribution in [-0.2, 0) is 9.53 Å². The Labute approximate surface area is 117 Å². The summed E-state index contributed by atoms with van der Waals surface area (Å²) in [6.45, 7) is 8.94. The minimum atomic E-state index is -0.252. The van der Waals surface area contributed by atoms with Gasteiger partial charge in [0, 0.05) is 6.04 Å². The van der Waals surface area contributed by atoms with E-state index in [1.165, 1.54) is 25.9 Å². The molecule has 2 fully saturated rings. The highest BCUT2D eigenvalue weighted by Gasteiger charge is 2.39. The van der Waals surface area contributed by atoms with Gasteiger partial charge < -0.3 is 14.5 Å². The van der Waals surface area contributed by atoms with Gasteiger partial charge in [0.25, 0.3) is 0 Å². The fourth-order valence-corrected chi connectivity index (χ4v) is 3.25. The maximum absolute atomic E-state index is 12.0. The Morgan fingerprint density at radius 3 is 2.32 bits per heavy atom. The monoisotopic (exact) mass is 268 g/mol. The predicted octanol–water partition coefficient (Wildman–Crippen LogP) is 1.75. The molecule has 0 aromatic heterocycles. The van der Waals surface area contributed by atoms with E-state index in [0.29, 0.717) is 6.61 Å². The average molecular weight is 268 g/mol. The van der Waals surface area contributed by atoms with Gasteiger partial charge in [-0.15, -0.1) is 0 Å². The Morgan fingerprint density at radius 1 is 1.21 bits per heavy atom. The van der Waals surface area contributed by atoms with Gasteiger partial charge in [0.1, 0.15) is 0 Å². The van der Waals surface area contributed by atoms with Crippen LogP contribution in [0.3, 0.4) is 0 Å². The van der Waals surface area contributed by atoms with Crippen molar-refractivity contribution in [1.82, 2.24) is 9.80 Å². The molecule has 4 nitrogen and oxygen atoms in total. The molecule has 0 aromatic rings. The Balaban J connectivity index is 1.83. The number of hydrogen-bond acceptors (Lipinski definition) is 4. The van der Waals surface area contributed by atoms with E-state index in [9.17, 15) is 4.79 Å². The summed E-state index contributed by atoms with van der Waals surface area (Å²) < 4.78 is 5.22. The highest BCUT2D eigenvalue weighted by atomic mass is 16.5. The van der Waals surface area contributed by atoms with E-state index in [4.69, 9.17) is 4.74 Å². The van der Waals surface area contributed by atoms with Gasteiger partial charge in [0.2, 0.25) is 0 Å². The van der Waals surface area contributed by atoms with Gasteiger partial charge in [0.05, 0.1) is 12.0 Å². The van der Waals surface area contributed by atoms with Gasteiger partial charge in [-0.05, 0) is 72.8 Å². The first-order chi connectivity index (χ1) is 9.05. The molecule has 0 spiro atoms. The highest BCUT2D eigenvalue weighted by molar-refractivity contribution is 5.76. The second-order valence-electron chi connectivity index (χ2n) is 6.35. The molecule has 2 aliphatic heterocycles. The lowest BCUT2D eigenvalue weighted by molar-refractivity contribution is -0.157. The molecule has 0 radical (unpaired) electrons. The molecule has 0 N–H and O–H groups in total. The number of ether oxygens (including phenoxy) is 1. The van der Waals surface area contributed by atoms with Crippen LogP contribution in [0.1, 0.15) is 39.5 Å². The van der Waals surface area contributed by atoms with E-state index in [2.05, 4.69) is 23.8 Å². The largest absolute Gasteiger partial charge is 0.466 e. The van der Waals surface area contributed by atoms with Crippen LogP contribution < -0.4 is 0 Å². The number of hydrogen-bond donors (Lipinski definition) is 0. The summed E-state index contributed by atoms with van der Waals surface area (Å²) in [6.07, 6.45) is 4.43. The van der Waals surface area contributed by atoms with Crippen molar-refractivity contribution in [3.05, 3.63) is 0 Å². The van der Waals surface area contributed by atoms with E-state index >= 15 is 0 Å². The predicted molar refractivity (Wildman–Crippen MR) is 76.1 cm³/mol. The molecule has 0 amide bonds. The standard InChI is InChI=1S/C15H28N2O2/c1-4-19-14(18)15(2)7-11-17(12-8-15)13-5-9-16(3)10-6-13/h13H,4-12H2,1-3H3. The van der Waals surface area contributed by atoms with Crippen molar-refractivity contribution in [3.63, 3.8) is 0 Å². The topological polar surface area (TPSA) is 32.8 Å². The first kappa shape index (κ1) is 14.8. The Kier molecular flexibility index (Phi) is 4.85. The van der Waals surface area contributed by atoms with E-state index in [-0.39, 0.29) is 11.4 Å². The number of esters is 1. The summed E-state index contributed by atoms with van der Waals surface area (Å²) in [7, 11) is 2.20. The van der Waals surface area contributed by atoms with Crippen molar-refractivity contribution >= 4 is 5.97 Å². The smallest absolute Gasteiger partial charge is 0.311 e. The van der Waals surface area contributed by atoms with Crippen LogP contribution >= 0.6 is 0 Å². The van der Waals surface area contributed by atoms with Crippen molar-refractivity contribution in [2.24, 2.45) is 5.41 Å². The van der Waals surface area contributed by atoms with Gasteiger partial charge in [-0.2, -0.15) is 0 Å². The lowest BCUT2D eigenvalue weighted by atomic mass is 9.79. The van der Waals surface area contributed by atoms with Crippen molar-refractivity contribution in [2.45, 2.75) is 45.6 Å². The van der Waals surface area contributed by atoms with Crippen molar-refractivity contribution < 1.29 is 9.53 Å². The molecule has 19 heavy (non-hydrogen) atoms. The van der Waals surface area contributed by atoms with E-state index in [0.717, 1.165) is 32.0 Å². The second-order valence-corrected chi connectivity index (χ2v) is 6.35. The van der Waals surface area contributed by atoms with Crippen LogP contribution in [0.5, 0.6) is 0 Å².